The normalized spacial score (nSPS) is 14.0. The summed E-state index contributed by atoms with van der Waals surface area (Å²) >= 11 is 0. The van der Waals surface area contributed by atoms with Crippen molar-refractivity contribution in [2.24, 2.45) is 0 Å². The molecule has 1 aliphatic rings. The second-order valence-corrected chi connectivity index (χ2v) is 7.14. The van der Waals surface area contributed by atoms with Gasteiger partial charge in [0.1, 0.15) is 0 Å². The molecule has 0 spiro atoms. The fourth-order valence-corrected chi connectivity index (χ4v) is 3.73. The lowest BCUT2D eigenvalue weighted by Crippen LogP contribution is -2.38. The van der Waals surface area contributed by atoms with Crippen LogP contribution in [0.5, 0.6) is 0 Å². The first-order valence-corrected chi connectivity index (χ1v) is 9.71. The summed E-state index contributed by atoms with van der Waals surface area (Å²) in [5, 5.41) is 7.80. The highest BCUT2D eigenvalue weighted by Gasteiger charge is 2.15. The molecule has 0 atom stereocenters. The van der Waals surface area contributed by atoms with E-state index < -0.39 is 0 Å². The van der Waals surface area contributed by atoms with Crippen LogP contribution in [-0.2, 0) is 24.3 Å². The van der Waals surface area contributed by atoms with Crippen LogP contribution in [0.15, 0.2) is 59.5 Å². The van der Waals surface area contributed by atoms with Crippen molar-refractivity contribution >= 4 is 16.8 Å². The smallest absolute Gasteiger partial charge is 0.221 e. The number of carbonyl (C=O) groups is 1. The van der Waals surface area contributed by atoms with Gasteiger partial charge in [0.25, 0.3) is 0 Å². The first-order valence-electron chi connectivity index (χ1n) is 9.71. The van der Waals surface area contributed by atoms with Crippen molar-refractivity contribution in [2.45, 2.75) is 25.9 Å². The average molecular weight is 376 g/mol. The Morgan fingerprint density at radius 2 is 1.82 bits per heavy atom. The molecule has 1 aliphatic heterocycles. The maximum Gasteiger partial charge on any atom is 0.221 e. The van der Waals surface area contributed by atoms with E-state index in [4.69, 9.17) is 0 Å². The molecule has 4 rings (SSSR count). The minimum atomic E-state index is -0.0978. The van der Waals surface area contributed by atoms with Crippen LogP contribution in [0.3, 0.4) is 0 Å². The van der Waals surface area contributed by atoms with Crippen LogP contribution in [0.1, 0.15) is 17.5 Å². The maximum absolute atomic E-state index is 12.2. The van der Waals surface area contributed by atoms with E-state index in [0.29, 0.717) is 24.9 Å². The lowest BCUT2D eigenvalue weighted by atomic mass is 10.00. The van der Waals surface area contributed by atoms with Crippen molar-refractivity contribution in [3.05, 3.63) is 76.1 Å². The Bertz CT molecular complexity index is 1040. The van der Waals surface area contributed by atoms with Gasteiger partial charge in [-0.05, 0) is 29.7 Å². The van der Waals surface area contributed by atoms with Crippen LogP contribution in [0, 0.1) is 0 Å². The number of nitrogens with zero attached hydrogens (tertiary/aromatic N) is 3. The van der Waals surface area contributed by atoms with Gasteiger partial charge in [0.15, 0.2) is 0 Å². The Morgan fingerprint density at radius 1 is 1.04 bits per heavy atom. The summed E-state index contributed by atoms with van der Waals surface area (Å²) in [6.07, 6.45) is 2.71. The Kier molecular flexibility index (Phi) is 5.48. The Hall–Kier alpha value is -2.99. The Balaban J connectivity index is 1.26. The van der Waals surface area contributed by atoms with Crippen molar-refractivity contribution in [2.75, 3.05) is 19.6 Å². The van der Waals surface area contributed by atoms with Crippen LogP contribution in [0.25, 0.3) is 10.9 Å². The molecule has 0 radical (unpaired) electrons. The molecule has 1 aromatic heterocycles. The first kappa shape index (κ1) is 18.4. The molecule has 144 valence electrons. The number of fused-ring (bicyclic) bond motifs is 2. The molecular weight excluding hydrogens is 352 g/mol. The van der Waals surface area contributed by atoms with Crippen molar-refractivity contribution in [1.29, 1.82) is 0 Å². The van der Waals surface area contributed by atoms with Gasteiger partial charge in [0.2, 0.25) is 11.3 Å². The summed E-state index contributed by atoms with van der Waals surface area (Å²) in [6, 6.07) is 15.9. The zero-order valence-corrected chi connectivity index (χ0v) is 15.8. The highest BCUT2D eigenvalue weighted by Crippen LogP contribution is 2.17. The number of para-hydroxylation sites is 1. The number of amides is 1. The Labute approximate surface area is 163 Å². The van der Waals surface area contributed by atoms with Gasteiger partial charge in [-0.25, -0.2) is 0 Å². The maximum atomic E-state index is 12.2. The zero-order valence-electron chi connectivity index (χ0n) is 15.8. The molecule has 0 bridgehead atoms. The molecule has 0 fully saturated rings. The summed E-state index contributed by atoms with van der Waals surface area (Å²) < 4.78 is 1.72. The quantitative estimate of drug-likeness (QED) is 0.714. The Morgan fingerprint density at radius 3 is 2.71 bits per heavy atom. The van der Waals surface area contributed by atoms with Crippen LogP contribution in [-0.4, -0.2) is 40.2 Å². The van der Waals surface area contributed by atoms with E-state index in [1.807, 2.05) is 18.2 Å². The van der Waals surface area contributed by atoms with E-state index in [9.17, 15) is 9.59 Å². The number of rotatable bonds is 6. The lowest BCUT2D eigenvalue weighted by Gasteiger charge is -2.28. The third kappa shape index (κ3) is 4.12. The molecule has 28 heavy (non-hydrogen) atoms. The monoisotopic (exact) mass is 376 g/mol. The van der Waals surface area contributed by atoms with E-state index in [1.54, 1.807) is 10.7 Å². The molecule has 6 heteroatoms. The van der Waals surface area contributed by atoms with Gasteiger partial charge in [-0.2, -0.15) is 5.10 Å². The van der Waals surface area contributed by atoms with E-state index >= 15 is 0 Å². The highest BCUT2D eigenvalue weighted by molar-refractivity contribution is 5.79. The molecular formula is C22H24N4O2. The number of nitrogens with one attached hydrogen (secondary N) is 1. The number of benzene rings is 2. The van der Waals surface area contributed by atoms with Crippen molar-refractivity contribution in [3.8, 4) is 0 Å². The second kappa shape index (κ2) is 8.35. The van der Waals surface area contributed by atoms with Crippen LogP contribution < -0.4 is 10.7 Å². The van der Waals surface area contributed by atoms with E-state index in [-0.39, 0.29) is 11.3 Å². The molecule has 2 aromatic carbocycles. The van der Waals surface area contributed by atoms with Crippen LogP contribution in [0.2, 0.25) is 0 Å². The number of carbonyl (C=O) groups excluding carboxylic acids is 1. The van der Waals surface area contributed by atoms with E-state index in [0.717, 1.165) is 31.6 Å². The molecule has 2 heterocycles. The minimum Gasteiger partial charge on any atom is -0.355 e. The number of hydrogen-bond acceptors (Lipinski definition) is 4. The molecule has 0 saturated carbocycles. The molecule has 0 saturated heterocycles. The third-order valence-corrected chi connectivity index (χ3v) is 5.27. The van der Waals surface area contributed by atoms with Crippen molar-refractivity contribution in [1.82, 2.24) is 20.0 Å². The zero-order chi connectivity index (χ0) is 19.3. The summed E-state index contributed by atoms with van der Waals surface area (Å²) in [6.45, 7) is 3.90. The fraction of sp³-hybridized carbons (Fsp3) is 0.318. The molecule has 3 aromatic rings. The predicted octanol–water partition coefficient (Wildman–Crippen LogP) is 1.96. The van der Waals surface area contributed by atoms with Gasteiger partial charge >= 0.3 is 0 Å². The molecule has 0 aliphatic carbocycles. The molecule has 1 amide bonds. The van der Waals surface area contributed by atoms with Gasteiger partial charge in [-0.1, -0.05) is 36.4 Å². The standard InChI is InChI=1S/C22H24N4O2/c27-21-15-24-26(20-8-4-3-7-19(20)21)13-10-22(28)23-11-14-25-12-9-17-5-1-2-6-18(17)16-25/h1-8,15H,9-14,16H2,(H,23,28). The van der Waals surface area contributed by atoms with Gasteiger partial charge in [0, 0.05) is 38.0 Å². The lowest BCUT2D eigenvalue weighted by molar-refractivity contribution is -0.121. The van der Waals surface area contributed by atoms with Gasteiger partial charge < -0.3 is 5.32 Å². The minimum absolute atomic E-state index is 0.00184. The topological polar surface area (TPSA) is 67.2 Å². The summed E-state index contributed by atoms with van der Waals surface area (Å²) in [4.78, 5) is 26.5. The number of hydrogen-bond donors (Lipinski definition) is 1. The fourth-order valence-electron chi connectivity index (χ4n) is 3.73. The third-order valence-electron chi connectivity index (χ3n) is 5.27. The first-order chi connectivity index (χ1) is 13.7. The van der Waals surface area contributed by atoms with Crippen LogP contribution in [0.4, 0.5) is 0 Å². The molecule has 0 unspecified atom stereocenters. The summed E-state index contributed by atoms with van der Waals surface area (Å²) in [7, 11) is 0. The van der Waals surface area contributed by atoms with E-state index in [1.165, 1.54) is 17.3 Å². The van der Waals surface area contributed by atoms with Gasteiger partial charge in [0.05, 0.1) is 18.3 Å². The van der Waals surface area contributed by atoms with Crippen LogP contribution >= 0.6 is 0 Å². The SMILES string of the molecule is O=C(CCn1ncc(=O)c2ccccc21)NCCN1CCc2ccccc2C1. The van der Waals surface area contributed by atoms with Gasteiger partial charge in [-0.15, -0.1) is 0 Å². The van der Waals surface area contributed by atoms with Crippen molar-refractivity contribution < 1.29 is 4.79 Å². The van der Waals surface area contributed by atoms with Crippen molar-refractivity contribution in [3.63, 3.8) is 0 Å². The average Bonchev–Trinajstić information content (AvgIpc) is 2.73. The van der Waals surface area contributed by atoms with Gasteiger partial charge in [-0.3, -0.25) is 19.2 Å². The largest absolute Gasteiger partial charge is 0.355 e. The molecule has 1 N–H and O–H groups in total. The number of aromatic nitrogens is 2. The second-order valence-electron chi connectivity index (χ2n) is 7.14. The summed E-state index contributed by atoms with van der Waals surface area (Å²) in [5.74, 6) is 0.00184. The summed E-state index contributed by atoms with van der Waals surface area (Å²) in [5.41, 5.74) is 3.48. The molecule has 6 nitrogen and oxygen atoms in total. The number of aryl methyl sites for hydroxylation is 1. The van der Waals surface area contributed by atoms with E-state index in [2.05, 4.69) is 39.6 Å². The highest BCUT2D eigenvalue weighted by atomic mass is 16.1. The predicted molar refractivity (Wildman–Crippen MR) is 109 cm³/mol.